The maximum Gasteiger partial charge on any atom is 0.527 e. The van der Waals surface area contributed by atoms with Gasteiger partial charge >= 0.3 is 12.2 Å². The standard InChI is InChI=1S/C10H16ClNO4/c1-10(2,3)16-9(15)12(8(13)14)5-4-7(11)6-12/h7H,4-6H2,1-3H3/p+1/t7-,12?/m1/s1. The van der Waals surface area contributed by atoms with Gasteiger partial charge in [-0.25, -0.2) is 0 Å². The summed E-state index contributed by atoms with van der Waals surface area (Å²) in [5, 5.41) is 8.87. The number of quaternary nitrogens is 1. The average Bonchev–Trinajstić information content (AvgIpc) is 2.45. The van der Waals surface area contributed by atoms with Gasteiger partial charge < -0.3 is 9.84 Å². The van der Waals surface area contributed by atoms with Crippen LogP contribution in [0, 0.1) is 0 Å². The first-order valence-electron chi connectivity index (χ1n) is 5.15. The first-order chi connectivity index (χ1) is 7.17. The van der Waals surface area contributed by atoms with E-state index in [1.54, 1.807) is 20.8 Å². The van der Waals surface area contributed by atoms with Gasteiger partial charge in [-0.2, -0.15) is 9.59 Å². The summed E-state index contributed by atoms with van der Waals surface area (Å²) in [6.45, 7) is 5.40. The minimum atomic E-state index is -1.20. The lowest BCUT2D eigenvalue weighted by molar-refractivity contribution is -0.772. The number of carbonyl (C=O) groups excluding carboxylic acids is 1. The van der Waals surface area contributed by atoms with Crippen molar-refractivity contribution in [3.63, 3.8) is 0 Å². The molecule has 2 atom stereocenters. The molecule has 0 bridgehead atoms. The molecule has 0 spiro atoms. The molecule has 6 heteroatoms. The maximum atomic E-state index is 11.9. The summed E-state index contributed by atoms with van der Waals surface area (Å²) in [5.74, 6) is 0. The molecule has 0 radical (unpaired) electrons. The lowest BCUT2D eigenvalue weighted by atomic mass is 10.2. The van der Waals surface area contributed by atoms with Crippen molar-refractivity contribution in [2.45, 2.75) is 38.2 Å². The minimum absolute atomic E-state index is 0.0891. The van der Waals surface area contributed by atoms with E-state index in [-0.39, 0.29) is 18.5 Å². The smallest absolute Gasteiger partial charge is 0.435 e. The zero-order chi connectivity index (χ0) is 12.6. The minimum Gasteiger partial charge on any atom is -0.435 e. The zero-order valence-corrected chi connectivity index (χ0v) is 10.5. The van der Waals surface area contributed by atoms with Gasteiger partial charge in [-0.05, 0) is 20.8 Å². The van der Waals surface area contributed by atoms with Crippen LogP contribution in [0.1, 0.15) is 27.2 Å². The van der Waals surface area contributed by atoms with Crippen LogP contribution in [0.25, 0.3) is 0 Å². The molecular weight excluding hydrogens is 234 g/mol. The maximum absolute atomic E-state index is 11.9. The molecule has 0 aromatic carbocycles. The van der Waals surface area contributed by atoms with E-state index in [9.17, 15) is 9.59 Å². The van der Waals surface area contributed by atoms with Crippen LogP contribution < -0.4 is 0 Å². The SMILES string of the molecule is CC(C)(C)OC(=O)[N+]1(C(=O)O)CC[C@@H](Cl)C1. The highest BCUT2D eigenvalue weighted by Crippen LogP contribution is 2.27. The quantitative estimate of drug-likeness (QED) is 0.530. The molecule has 16 heavy (non-hydrogen) atoms. The van der Waals surface area contributed by atoms with Gasteiger partial charge in [0.1, 0.15) is 18.7 Å². The number of carbonyl (C=O) groups is 2. The van der Waals surface area contributed by atoms with Crippen LogP contribution in [0.3, 0.4) is 0 Å². The lowest BCUT2D eigenvalue weighted by Gasteiger charge is -2.27. The molecule has 1 aliphatic rings. The molecule has 0 aliphatic carbocycles. The van der Waals surface area contributed by atoms with E-state index in [0.717, 1.165) is 0 Å². The predicted molar refractivity (Wildman–Crippen MR) is 58.5 cm³/mol. The van der Waals surface area contributed by atoms with Crippen molar-refractivity contribution in [3.05, 3.63) is 0 Å². The normalized spacial score (nSPS) is 30.1. The molecule has 2 amide bonds. The summed E-state index contributed by atoms with van der Waals surface area (Å²) in [7, 11) is 0. The predicted octanol–water partition coefficient (Wildman–Crippen LogP) is 2.43. The monoisotopic (exact) mass is 250 g/mol. The van der Waals surface area contributed by atoms with Gasteiger partial charge in [-0.1, -0.05) is 0 Å². The Bertz CT molecular complexity index is 312. The number of hydrogen-bond donors (Lipinski definition) is 1. The lowest BCUT2D eigenvalue weighted by Crippen LogP contribution is -2.56. The number of amides is 2. The number of imide groups is 1. The molecule has 0 aromatic heterocycles. The molecule has 0 saturated carbocycles. The summed E-state index contributed by atoms with van der Waals surface area (Å²) >= 11 is 5.87. The van der Waals surface area contributed by atoms with E-state index in [0.29, 0.717) is 6.42 Å². The Labute approximate surface area is 99.5 Å². The van der Waals surface area contributed by atoms with Gasteiger partial charge in [0, 0.05) is 6.42 Å². The van der Waals surface area contributed by atoms with E-state index in [1.165, 1.54) is 0 Å². The van der Waals surface area contributed by atoms with Crippen LogP contribution in [-0.4, -0.2) is 45.8 Å². The van der Waals surface area contributed by atoms with Crippen LogP contribution in [0.4, 0.5) is 9.59 Å². The first-order valence-corrected chi connectivity index (χ1v) is 5.59. The van der Waals surface area contributed by atoms with Crippen LogP contribution in [0.5, 0.6) is 0 Å². The van der Waals surface area contributed by atoms with Crippen molar-refractivity contribution in [2.75, 3.05) is 13.1 Å². The first kappa shape index (κ1) is 13.3. The van der Waals surface area contributed by atoms with Crippen LogP contribution in [-0.2, 0) is 4.74 Å². The van der Waals surface area contributed by atoms with Crippen molar-refractivity contribution >= 4 is 23.8 Å². The van der Waals surface area contributed by atoms with E-state index in [2.05, 4.69) is 0 Å². The van der Waals surface area contributed by atoms with E-state index >= 15 is 0 Å². The summed E-state index contributed by atoms with van der Waals surface area (Å²) < 4.78 is 4.41. The number of likely N-dealkylation sites (tertiary alicyclic amines) is 1. The Kier molecular flexibility index (Phi) is 3.50. The molecule has 1 unspecified atom stereocenters. The second kappa shape index (κ2) is 4.22. The fourth-order valence-corrected chi connectivity index (χ4v) is 1.98. The molecule has 0 aromatic rings. The van der Waals surface area contributed by atoms with Crippen molar-refractivity contribution < 1.29 is 23.9 Å². The van der Waals surface area contributed by atoms with E-state index in [1.807, 2.05) is 0 Å². The Hall–Kier alpha value is -0.810. The fourth-order valence-electron chi connectivity index (χ4n) is 1.65. The number of rotatable bonds is 0. The largest absolute Gasteiger partial charge is 0.527 e. The van der Waals surface area contributed by atoms with E-state index < -0.39 is 22.3 Å². The molecule has 5 nitrogen and oxygen atoms in total. The topological polar surface area (TPSA) is 63.6 Å². The van der Waals surface area contributed by atoms with E-state index in [4.69, 9.17) is 21.4 Å². The van der Waals surface area contributed by atoms with Gasteiger partial charge in [0.25, 0.3) is 0 Å². The van der Waals surface area contributed by atoms with Gasteiger partial charge in [0.2, 0.25) is 0 Å². The molecule has 1 rings (SSSR count). The van der Waals surface area contributed by atoms with Crippen LogP contribution >= 0.6 is 11.6 Å². The van der Waals surface area contributed by atoms with Crippen molar-refractivity contribution in [1.82, 2.24) is 0 Å². The second-order valence-electron chi connectivity index (χ2n) is 5.02. The molecule has 1 N–H and O–H groups in total. The number of ether oxygens (including phenoxy) is 1. The number of carboxylic acid groups (broad SMARTS) is 1. The Balaban J connectivity index is 2.88. The molecular formula is C10H17ClNO4+. The Morgan fingerprint density at radius 1 is 1.44 bits per heavy atom. The molecule has 1 heterocycles. The summed E-state index contributed by atoms with van der Waals surface area (Å²) in [6.07, 6.45) is -1.42. The van der Waals surface area contributed by atoms with Gasteiger partial charge in [0.15, 0.2) is 0 Å². The zero-order valence-electron chi connectivity index (χ0n) is 9.70. The third-order valence-corrected chi connectivity index (χ3v) is 2.80. The van der Waals surface area contributed by atoms with Crippen molar-refractivity contribution in [3.8, 4) is 0 Å². The summed E-state index contributed by atoms with van der Waals surface area (Å²) in [4.78, 5) is 23.1. The third-order valence-electron chi connectivity index (χ3n) is 2.44. The highest BCUT2D eigenvalue weighted by atomic mass is 35.5. The summed E-state index contributed by atoms with van der Waals surface area (Å²) in [5.41, 5.74) is -0.692. The van der Waals surface area contributed by atoms with Crippen molar-refractivity contribution in [2.24, 2.45) is 0 Å². The highest BCUT2D eigenvalue weighted by Gasteiger charge is 2.53. The third kappa shape index (κ3) is 2.65. The molecule has 92 valence electrons. The summed E-state index contributed by atoms with van der Waals surface area (Å²) in [6, 6.07) is 0. The molecule has 1 aliphatic heterocycles. The fraction of sp³-hybridized carbons (Fsp3) is 0.800. The average molecular weight is 251 g/mol. The molecule has 1 fully saturated rings. The van der Waals surface area contributed by atoms with Crippen LogP contribution in [0.15, 0.2) is 0 Å². The number of halogens is 1. The van der Waals surface area contributed by atoms with Crippen LogP contribution in [0.2, 0.25) is 0 Å². The number of nitrogens with zero attached hydrogens (tertiary/aromatic N) is 1. The Morgan fingerprint density at radius 2 is 2.00 bits per heavy atom. The van der Waals surface area contributed by atoms with Gasteiger partial charge in [0.05, 0.1) is 5.38 Å². The highest BCUT2D eigenvalue weighted by molar-refractivity contribution is 6.21. The van der Waals surface area contributed by atoms with Crippen molar-refractivity contribution in [1.29, 1.82) is 0 Å². The second-order valence-corrected chi connectivity index (χ2v) is 5.64. The number of hydrogen-bond acceptors (Lipinski definition) is 3. The van der Waals surface area contributed by atoms with Gasteiger partial charge in [-0.3, -0.25) is 0 Å². The number of alkyl halides is 1. The molecule has 1 saturated heterocycles. The van der Waals surface area contributed by atoms with Gasteiger partial charge in [-0.15, -0.1) is 16.1 Å². The Morgan fingerprint density at radius 3 is 2.31 bits per heavy atom.